The van der Waals surface area contributed by atoms with Gasteiger partial charge in [-0.05, 0) is 49.8 Å². The third kappa shape index (κ3) is 5.16. The highest BCUT2D eigenvalue weighted by Crippen LogP contribution is 2.18. The van der Waals surface area contributed by atoms with E-state index in [0.717, 1.165) is 10.4 Å². The van der Waals surface area contributed by atoms with Crippen molar-refractivity contribution in [3.05, 3.63) is 62.8 Å². The zero-order chi connectivity index (χ0) is 16.2. The molecule has 0 amide bonds. The summed E-state index contributed by atoms with van der Waals surface area (Å²) in [6.45, 7) is 3.24. The summed E-state index contributed by atoms with van der Waals surface area (Å²) in [5.74, 6) is 5.52. The number of carbonyl (C=O) groups is 1. The van der Waals surface area contributed by atoms with Crippen LogP contribution >= 0.6 is 22.9 Å². The quantitative estimate of drug-likeness (QED) is 0.514. The Kier molecular flexibility index (Phi) is 5.20. The molecule has 2 nitrogen and oxygen atoms in total. The van der Waals surface area contributed by atoms with E-state index in [0.29, 0.717) is 9.90 Å². The van der Waals surface area contributed by atoms with Gasteiger partial charge >= 0.3 is 0 Å². The lowest BCUT2D eigenvalue weighted by Gasteiger charge is -2.05. The summed E-state index contributed by atoms with van der Waals surface area (Å²) in [5, 5.41) is 10.2. The van der Waals surface area contributed by atoms with E-state index in [-0.39, 0.29) is 5.78 Å². The van der Waals surface area contributed by atoms with Crippen molar-refractivity contribution in [2.24, 2.45) is 0 Å². The van der Waals surface area contributed by atoms with Gasteiger partial charge in [-0.25, -0.2) is 0 Å². The van der Waals surface area contributed by atoms with Gasteiger partial charge in [0.2, 0.25) is 0 Å². The van der Waals surface area contributed by atoms with Crippen LogP contribution in [-0.4, -0.2) is 16.5 Å². The second-order valence-corrected chi connectivity index (χ2v) is 6.74. The van der Waals surface area contributed by atoms with E-state index in [1.807, 2.05) is 12.1 Å². The van der Waals surface area contributed by atoms with Crippen molar-refractivity contribution >= 4 is 34.8 Å². The average Bonchev–Trinajstić information content (AvgIpc) is 2.92. The molecule has 0 fully saturated rings. The van der Waals surface area contributed by atoms with Gasteiger partial charge < -0.3 is 5.11 Å². The molecule has 0 aliphatic heterocycles. The van der Waals surface area contributed by atoms with Crippen molar-refractivity contribution in [3.63, 3.8) is 0 Å². The van der Waals surface area contributed by atoms with Crippen LogP contribution in [-0.2, 0) is 0 Å². The average molecular weight is 331 g/mol. The normalized spacial score (nSPS) is 11.3. The van der Waals surface area contributed by atoms with Gasteiger partial charge in [0, 0.05) is 5.02 Å². The van der Waals surface area contributed by atoms with Crippen LogP contribution in [0, 0.1) is 11.8 Å². The van der Waals surface area contributed by atoms with Crippen LogP contribution < -0.4 is 0 Å². The lowest BCUT2D eigenvalue weighted by atomic mass is 10.1. The van der Waals surface area contributed by atoms with E-state index in [2.05, 4.69) is 11.8 Å². The first-order valence-corrected chi connectivity index (χ1v) is 7.86. The van der Waals surface area contributed by atoms with Gasteiger partial charge in [-0.15, -0.1) is 11.3 Å². The molecule has 0 aliphatic carbocycles. The number of hydrogen-bond donors (Lipinski definition) is 1. The fourth-order valence-corrected chi connectivity index (χ4v) is 2.49. The molecule has 1 aromatic carbocycles. The first kappa shape index (κ1) is 16.5. The fraction of sp³-hybridized carbons (Fsp3) is 0.167. The molecule has 1 aromatic heterocycles. The van der Waals surface area contributed by atoms with Gasteiger partial charge in [-0.3, -0.25) is 4.79 Å². The van der Waals surface area contributed by atoms with Crippen LogP contribution in [0.4, 0.5) is 0 Å². The predicted octanol–water partition coefficient (Wildman–Crippen LogP) is 4.42. The van der Waals surface area contributed by atoms with E-state index in [4.69, 9.17) is 11.6 Å². The molecule has 0 saturated carbocycles. The Morgan fingerprint density at radius 2 is 1.91 bits per heavy atom. The van der Waals surface area contributed by atoms with Gasteiger partial charge in [0.05, 0.1) is 9.75 Å². The molecule has 2 rings (SSSR count). The highest BCUT2D eigenvalue weighted by atomic mass is 35.5. The van der Waals surface area contributed by atoms with Crippen molar-refractivity contribution in [3.8, 4) is 11.8 Å². The standard InChI is InChI=1S/C18H15ClO2S/c1-18(2,21)12-11-15-8-10-17(22-15)16(20)9-5-13-3-6-14(19)7-4-13/h3-10,21H,1-2H3/b9-5+. The molecule has 0 saturated heterocycles. The molecular formula is C18H15ClO2S. The molecule has 0 aliphatic rings. The van der Waals surface area contributed by atoms with Crippen LogP contribution in [0.1, 0.15) is 34.0 Å². The van der Waals surface area contributed by atoms with Gasteiger partial charge in [0.15, 0.2) is 5.78 Å². The number of ketones is 1. The largest absolute Gasteiger partial charge is 0.378 e. The van der Waals surface area contributed by atoms with E-state index >= 15 is 0 Å². The summed E-state index contributed by atoms with van der Waals surface area (Å²) in [5.41, 5.74) is -0.126. The Balaban J connectivity index is 2.08. The van der Waals surface area contributed by atoms with Crippen molar-refractivity contribution in [1.82, 2.24) is 0 Å². The van der Waals surface area contributed by atoms with Crippen molar-refractivity contribution in [2.45, 2.75) is 19.4 Å². The van der Waals surface area contributed by atoms with Gasteiger partial charge in [0.1, 0.15) is 5.60 Å². The summed E-state index contributed by atoms with van der Waals surface area (Å²) >= 11 is 7.13. The maximum absolute atomic E-state index is 12.1. The Hall–Kier alpha value is -1.86. The number of benzene rings is 1. The Bertz CT molecular complexity index is 753. The fourth-order valence-electron chi connectivity index (χ4n) is 1.58. The maximum Gasteiger partial charge on any atom is 0.195 e. The first-order valence-electron chi connectivity index (χ1n) is 6.67. The van der Waals surface area contributed by atoms with Crippen LogP contribution in [0.15, 0.2) is 42.5 Å². The smallest absolute Gasteiger partial charge is 0.195 e. The second kappa shape index (κ2) is 6.93. The minimum absolute atomic E-state index is 0.0729. The number of halogens is 1. The predicted molar refractivity (Wildman–Crippen MR) is 92.3 cm³/mol. The minimum atomic E-state index is -1.04. The summed E-state index contributed by atoms with van der Waals surface area (Å²) < 4.78 is 0. The lowest BCUT2D eigenvalue weighted by Crippen LogP contribution is -2.14. The topological polar surface area (TPSA) is 37.3 Å². The molecule has 0 unspecified atom stereocenters. The lowest BCUT2D eigenvalue weighted by molar-refractivity contribution is 0.105. The van der Waals surface area contributed by atoms with Gasteiger partial charge in [-0.2, -0.15) is 0 Å². The highest BCUT2D eigenvalue weighted by molar-refractivity contribution is 7.14. The SMILES string of the molecule is CC(C)(O)C#Cc1ccc(C(=O)/C=C/c2ccc(Cl)cc2)s1. The van der Waals surface area contributed by atoms with Crippen molar-refractivity contribution in [1.29, 1.82) is 0 Å². The summed E-state index contributed by atoms with van der Waals surface area (Å²) in [6, 6.07) is 10.8. The zero-order valence-corrected chi connectivity index (χ0v) is 13.8. The monoisotopic (exact) mass is 330 g/mol. The number of hydrogen-bond acceptors (Lipinski definition) is 3. The number of carbonyl (C=O) groups excluding carboxylic acids is 1. The first-order chi connectivity index (χ1) is 10.3. The maximum atomic E-state index is 12.1. The summed E-state index contributed by atoms with van der Waals surface area (Å²) in [7, 11) is 0. The molecule has 0 spiro atoms. The molecule has 112 valence electrons. The summed E-state index contributed by atoms with van der Waals surface area (Å²) in [6.07, 6.45) is 3.28. The number of aliphatic hydroxyl groups is 1. The molecule has 0 bridgehead atoms. The zero-order valence-electron chi connectivity index (χ0n) is 12.3. The molecule has 0 atom stereocenters. The van der Waals surface area contributed by atoms with E-state index < -0.39 is 5.60 Å². The van der Waals surface area contributed by atoms with Crippen LogP contribution in [0.3, 0.4) is 0 Å². The van der Waals surface area contributed by atoms with E-state index in [9.17, 15) is 9.90 Å². The third-order valence-corrected chi connectivity index (χ3v) is 3.90. The molecule has 1 heterocycles. The van der Waals surface area contributed by atoms with Crippen LogP contribution in [0.25, 0.3) is 6.08 Å². The molecular weight excluding hydrogens is 316 g/mol. The number of thiophene rings is 1. The Morgan fingerprint density at radius 3 is 2.55 bits per heavy atom. The molecule has 22 heavy (non-hydrogen) atoms. The highest BCUT2D eigenvalue weighted by Gasteiger charge is 2.08. The minimum Gasteiger partial charge on any atom is -0.378 e. The molecule has 0 radical (unpaired) electrons. The van der Waals surface area contributed by atoms with Crippen molar-refractivity contribution < 1.29 is 9.90 Å². The number of allylic oxidation sites excluding steroid dienone is 1. The van der Waals surface area contributed by atoms with E-state index in [1.54, 1.807) is 44.2 Å². The van der Waals surface area contributed by atoms with Crippen molar-refractivity contribution in [2.75, 3.05) is 0 Å². The van der Waals surface area contributed by atoms with Crippen LogP contribution in [0.2, 0.25) is 5.02 Å². The Morgan fingerprint density at radius 1 is 1.23 bits per heavy atom. The van der Waals surface area contributed by atoms with E-state index in [1.165, 1.54) is 17.4 Å². The third-order valence-electron chi connectivity index (χ3n) is 2.64. The molecule has 4 heteroatoms. The van der Waals surface area contributed by atoms with Crippen LogP contribution in [0.5, 0.6) is 0 Å². The number of rotatable bonds is 3. The Labute approximate surface area is 139 Å². The molecule has 2 aromatic rings. The van der Waals surface area contributed by atoms with Gasteiger partial charge in [-0.1, -0.05) is 41.7 Å². The second-order valence-electron chi connectivity index (χ2n) is 5.22. The molecule has 1 N–H and O–H groups in total. The summed E-state index contributed by atoms with van der Waals surface area (Å²) in [4.78, 5) is 13.5. The van der Waals surface area contributed by atoms with Gasteiger partial charge in [0.25, 0.3) is 0 Å².